The summed E-state index contributed by atoms with van der Waals surface area (Å²) in [6.45, 7) is 0. The largest absolute Gasteiger partial charge is 0.477 e. The number of aliphatic carboxylic acids is 1. The Morgan fingerprint density at radius 2 is 1.56 bits per heavy atom. The zero-order valence-corrected chi connectivity index (χ0v) is 8.25. The van der Waals surface area contributed by atoms with Gasteiger partial charge in [-0.1, -0.05) is 0 Å². The van der Waals surface area contributed by atoms with E-state index in [2.05, 4.69) is 47.8 Å². The van der Waals surface area contributed by atoms with Gasteiger partial charge in [0.25, 0.3) is 0 Å². The summed E-state index contributed by atoms with van der Waals surface area (Å²) in [5, 5.41) is 8.19. The number of halogens is 3. The van der Waals surface area contributed by atoms with Crippen molar-refractivity contribution in [2.75, 3.05) is 0 Å². The first-order valence-corrected chi connectivity index (χ1v) is 3.87. The van der Waals surface area contributed by atoms with Gasteiger partial charge in [0.2, 0.25) is 0 Å². The third-order valence-electron chi connectivity index (χ3n) is 0.354. The van der Waals surface area contributed by atoms with E-state index < -0.39 is 5.97 Å². The third kappa shape index (κ3) is 5.62. The lowest BCUT2D eigenvalue weighted by Gasteiger charge is -1.86. The van der Waals surface area contributed by atoms with Crippen molar-refractivity contribution in [1.29, 1.82) is 0 Å². The predicted octanol–water partition coefficient (Wildman–Crippen LogP) is 1.24. The minimum Gasteiger partial charge on any atom is -0.477 e. The Kier molecular flexibility index (Phi) is 8.45. The summed E-state index contributed by atoms with van der Waals surface area (Å²) < 4.78 is 0.481. The van der Waals surface area contributed by atoms with E-state index in [4.69, 9.17) is 5.11 Å². The summed E-state index contributed by atoms with van der Waals surface area (Å²) in [4.78, 5) is 9.98. The van der Waals surface area contributed by atoms with Gasteiger partial charge in [-0.05, 0) is 47.8 Å². The van der Waals surface area contributed by atoms with Crippen LogP contribution in [0.3, 0.4) is 0 Å². The van der Waals surface area contributed by atoms with E-state index in [1.807, 2.05) is 0 Å². The van der Waals surface area contributed by atoms with Crippen LogP contribution in [0.5, 0.6) is 0 Å². The highest BCUT2D eigenvalue weighted by molar-refractivity contribution is 9.29. The zero-order valence-electron chi connectivity index (χ0n) is 3.49. The van der Waals surface area contributed by atoms with Crippen LogP contribution in [0.15, 0.2) is 7.87 Å². The van der Waals surface area contributed by atoms with Crippen LogP contribution in [0.25, 0.3) is 0 Å². The van der Waals surface area contributed by atoms with Gasteiger partial charge in [0.05, 0.1) is 3.39 Å². The van der Waals surface area contributed by atoms with Crippen LogP contribution < -0.4 is 0 Å². The standard InChI is InChI=1S/C3HBr3O2.Al.3H/c4-1(2(5)6)3(7)8;;;;/h(H,7,8);;;;. The maximum Gasteiger partial charge on any atom is 0.344 e. The molecule has 1 N–H and O–H groups in total. The van der Waals surface area contributed by atoms with E-state index in [1.54, 1.807) is 0 Å². The molecule has 0 aromatic carbocycles. The van der Waals surface area contributed by atoms with E-state index in [-0.39, 0.29) is 21.8 Å². The predicted molar refractivity (Wildman–Crippen MR) is 51.4 cm³/mol. The van der Waals surface area contributed by atoms with Crippen LogP contribution in [0.2, 0.25) is 0 Å². The van der Waals surface area contributed by atoms with Crippen molar-refractivity contribution >= 4 is 71.1 Å². The molecular formula is C3H4AlBr3O2. The van der Waals surface area contributed by atoms with E-state index >= 15 is 0 Å². The number of carboxylic acids is 1. The Hall–Kier alpha value is 1.18. The fraction of sp³-hybridized carbons (Fsp3) is 0. The SMILES string of the molecule is O=C(O)C(Br)=C(Br)Br.[AlH3]. The topological polar surface area (TPSA) is 37.3 Å². The van der Waals surface area contributed by atoms with Gasteiger partial charge in [-0.3, -0.25) is 0 Å². The van der Waals surface area contributed by atoms with Gasteiger partial charge in [0.1, 0.15) is 4.48 Å². The second kappa shape index (κ2) is 5.93. The van der Waals surface area contributed by atoms with Crippen molar-refractivity contribution in [2.45, 2.75) is 0 Å². The summed E-state index contributed by atoms with van der Waals surface area (Å²) in [5.74, 6) is -1.01. The molecule has 9 heavy (non-hydrogen) atoms. The molecule has 0 unspecified atom stereocenters. The van der Waals surface area contributed by atoms with Crippen molar-refractivity contribution in [1.82, 2.24) is 0 Å². The van der Waals surface area contributed by atoms with Crippen LogP contribution in [0.4, 0.5) is 0 Å². The molecule has 0 radical (unpaired) electrons. The van der Waals surface area contributed by atoms with Crippen molar-refractivity contribution in [2.24, 2.45) is 0 Å². The van der Waals surface area contributed by atoms with Crippen LogP contribution in [0, 0.1) is 0 Å². The lowest BCUT2D eigenvalue weighted by molar-refractivity contribution is -0.131. The van der Waals surface area contributed by atoms with Gasteiger partial charge in [-0.2, -0.15) is 0 Å². The molecule has 0 rings (SSSR count). The fourth-order valence-electron chi connectivity index (χ4n) is 0.0808. The molecule has 0 aliphatic rings. The van der Waals surface area contributed by atoms with Gasteiger partial charge in [0, 0.05) is 0 Å². The molecule has 0 saturated heterocycles. The Labute approximate surface area is 88.2 Å². The molecule has 0 aromatic rings. The molecule has 0 atom stereocenters. The van der Waals surface area contributed by atoms with Crippen LogP contribution in [-0.4, -0.2) is 28.4 Å². The number of carboxylic acid groups (broad SMARTS) is 1. The number of rotatable bonds is 1. The van der Waals surface area contributed by atoms with Crippen molar-refractivity contribution in [3.63, 3.8) is 0 Å². The first-order valence-electron chi connectivity index (χ1n) is 1.49. The molecular weight excluding hydrogens is 335 g/mol. The minimum absolute atomic E-state index is 0. The van der Waals surface area contributed by atoms with Gasteiger partial charge in [0.15, 0.2) is 17.4 Å². The van der Waals surface area contributed by atoms with E-state index in [0.717, 1.165) is 0 Å². The van der Waals surface area contributed by atoms with Gasteiger partial charge >= 0.3 is 5.97 Å². The molecule has 0 fully saturated rings. The first-order chi connectivity index (χ1) is 3.55. The number of hydrogen-bond donors (Lipinski definition) is 1. The number of carbonyl (C=O) groups is 1. The molecule has 0 bridgehead atoms. The zero-order chi connectivity index (χ0) is 6.73. The summed E-state index contributed by atoms with van der Waals surface area (Å²) in [7, 11) is 0. The first kappa shape index (κ1) is 12.8. The molecule has 6 heteroatoms. The summed E-state index contributed by atoms with van der Waals surface area (Å²) in [6.07, 6.45) is 0. The summed E-state index contributed by atoms with van der Waals surface area (Å²) in [5.41, 5.74) is 0. The highest BCUT2D eigenvalue weighted by Crippen LogP contribution is 2.23. The van der Waals surface area contributed by atoms with E-state index in [1.165, 1.54) is 0 Å². The second-order valence-electron chi connectivity index (χ2n) is 0.880. The normalized spacial score (nSPS) is 7.44. The van der Waals surface area contributed by atoms with Crippen LogP contribution in [-0.2, 0) is 4.79 Å². The average Bonchev–Trinajstić information content (AvgIpc) is 1.64. The molecule has 0 aliphatic carbocycles. The molecule has 0 aromatic heterocycles. The lowest BCUT2D eigenvalue weighted by Crippen LogP contribution is -1.92. The molecule has 2 nitrogen and oxygen atoms in total. The molecule has 0 heterocycles. The van der Waals surface area contributed by atoms with Crippen LogP contribution >= 0.6 is 47.8 Å². The smallest absolute Gasteiger partial charge is 0.344 e. The van der Waals surface area contributed by atoms with Gasteiger partial charge in [-0.15, -0.1) is 0 Å². The molecule has 0 amide bonds. The Morgan fingerprint density at radius 3 is 1.56 bits per heavy atom. The third-order valence-corrected chi connectivity index (χ3v) is 2.95. The Morgan fingerprint density at radius 1 is 1.22 bits per heavy atom. The van der Waals surface area contributed by atoms with Crippen molar-refractivity contribution in [3.05, 3.63) is 7.87 Å². The van der Waals surface area contributed by atoms with Crippen molar-refractivity contribution in [3.8, 4) is 0 Å². The van der Waals surface area contributed by atoms with Crippen molar-refractivity contribution < 1.29 is 9.90 Å². The molecule has 52 valence electrons. The highest BCUT2D eigenvalue weighted by Gasteiger charge is 2.04. The maximum absolute atomic E-state index is 9.98. The Balaban J connectivity index is 0. The van der Waals surface area contributed by atoms with E-state index in [9.17, 15) is 4.79 Å². The monoisotopic (exact) mass is 336 g/mol. The average molecular weight is 339 g/mol. The molecule has 0 aliphatic heterocycles. The Bertz CT molecular complexity index is 140. The fourth-order valence-corrected chi connectivity index (χ4v) is 0.420. The maximum atomic E-state index is 9.98. The summed E-state index contributed by atoms with van der Waals surface area (Å²) in [6, 6.07) is 0. The molecule has 0 spiro atoms. The van der Waals surface area contributed by atoms with E-state index in [0.29, 0.717) is 3.39 Å². The van der Waals surface area contributed by atoms with Crippen LogP contribution in [0.1, 0.15) is 0 Å². The lowest BCUT2D eigenvalue weighted by atomic mass is 10.7. The highest BCUT2D eigenvalue weighted by atomic mass is 79.9. The number of hydrogen-bond acceptors (Lipinski definition) is 1. The molecule has 0 saturated carbocycles. The van der Waals surface area contributed by atoms with Gasteiger partial charge in [-0.25, -0.2) is 4.79 Å². The minimum atomic E-state index is -1.01. The quantitative estimate of drug-likeness (QED) is 0.577. The summed E-state index contributed by atoms with van der Waals surface area (Å²) >= 11 is 8.61. The van der Waals surface area contributed by atoms with Gasteiger partial charge < -0.3 is 5.11 Å². The second-order valence-corrected chi connectivity index (χ2v) is 4.32.